The van der Waals surface area contributed by atoms with Gasteiger partial charge in [0.15, 0.2) is 0 Å². The van der Waals surface area contributed by atoms with Crippen LogP contribution in [0.5, 0.6) is 0 Å². The number of nitro benzene ring substituents is 1. The predicted octanol–water partition coefficient (Wildman–Crippen LogP) is 3.23. The summed E-state index contributed by atoms with van der Waals surface area (Å²) in [5.74, 6) is 0. The predicted molar refractivity (Wildman–Crippen MR) is 81.7 cm³/mol. The zero-order valence-corrected chi connectivity index (χ0v) is 12.6. The summed E-state index contributed by atoms with van der Waals surface area (Å²) in [5, 5.41) is 10.1. The molecule has 0 heterocycles. The Morgan fingerprint density at radius 2 is 2.00 bits per heavy atom. The molecule has 1 aromatic carbocycles. The van der Waals surface area contributed by atoms with Crippen LogP contribution < -0.4 is 4.72 Å². The molecule has 6 nitrogen and oxygen atoms in total. The first-order chi connectivity index (χ1) is 9.94. The van der Waals surface area contributed by atoms with Gasteiger partial charge in [0.1, 0.15) is 5.25 Å². The van der Waals surface area contributed by atoms with E-state index in [9.17, 15) is 18.5 Å². The molecule has 1 N–H and O–H groups in total. The molecule has 0 spiro atoms. The SMILES string of the molecule is CCC1=CCCCC1S(=O)(=O)Nc1ccc([N+](=O)[O-])cc1. The van der Waals surface area contributed by atoms with Crippen LogP contribution in [0, 0.1) is 10.1 Å². The van der Waals surface area contributed by atoms with E-state index in [1.54, 1.807) is 0 Å². The Kier molecular flexibility index (Phi) is 4.62. The first kappa shape index (κ1) is 15.5. The maximum Gasteiger partial charge on any atom is 0.269 e. The van der Waals surface area contributed by atoms with Crippen molar-refractivity contribution in [3.8, 4) is 0 Å². The van der Waals surface area contributed by atoms with Gasteiger partial charge in [-0.25, -0.2) is 8.42 Å². The van der Waals surface area contributed by atoms with Crippen LogP contribution in [0.25, 0.3) is 0 Å². The maximum atomic E-state index is 12.5. The number of hydrogen-bond donors (Lipinski definition) is 1. The molecule has 2 rings (SSSR count). The van der Waals surface area contributed by atoms with Gasteiger partial charge in [0.05, 0.1) is 4.92 Å². The second-order valence-electron chi connectivity index (χ2n) is 5.00. The van der Waals surface area contributed by atoms with Gasteiger partial charge in [-0.05, 0) is 37.8 Å². The normalized spacial score (nSPS) is 18.9. The largest absolute Gasteiger partial charge is 0.283 e. The van der Waals surface area contributed by atoms with Gasteiger partial charge in [0.25, 0.3) is 5.69 Å². The lowest BCUT2D eigenvalue weighted by atomic mass is 9.97. The zero-order valence-electron chi connectivity index (χ0n) is 11.8. The average molecular weight is 310 g/mol. The van der Waals surface area contributed by atoms with Crippen LogP contribution >= 0.6 is 0 Å². The number of rotatable bonds is 5. The van der Waals surface area contributed by atoms with Crippen LogP contribution in [-0.4, -0.2) is 18.6 Å². The summed E-state index contributed by atoms with van der Waals surface area (Å²) in [6.45, 7) is 1.95. The van der Waals surface area contributed by atoms with Crippen molar-refractivity contribution in [1.29, 1.82) is 0 Å². The van der Waals surface area contributed by atoms with E-state index in [-0.39, 0.29) is 5.69 Å². The molecule has 0 amide bonds. The fourth-order valence-electron chi connectivity index (χ4n) is 2.52. The Morgan fingerprint density at radius 1 is 1.33 bits per heavy atom. The topological polar surface area (TPSA) is 89.3 Å². The third-order valence-corrected chi connectivity index (χ3v) is 5.42. The molecule has 0 saturated carbocycles. The fourth-order valence-corrected chi connectivity index (χ4v) is 4.27. The van der Waals surface area contributed by atoms with E-state index in [0.717, 1.165) is 18.4 Å². The van der Waals surface area contributed by atoms with Crippen molar-refractivity contribution in [1.82, 2.24) is 0 Å². The highest BCUT2D eigenvalue weighted by molar-refractivity contribution is 7.93. The second kappa shape index (κ2) is 6.26. The number of anilines is 1. The zero-order chi connectivity index (χ0) is 15.5. The summed E-state index contributed by atoms with van der Waals surface area (Å²) >= 11 is 0. The Bertz CT molecular complexity index is 650. The van der Waals surface area contributed by atoms with Crippen molar-refractivity contribution in [2.75, 3.05) is 4.72 Å². The van der Waals surface area contributed by atoms with E-state index >= 15 is 0 Å². The lowest BCUT2D eigenvalue weighted by Gasteiger charge is -2.24. The first-order valence-corrected chi connectivity index (χ1v) is 8.43. The van der Waals surface area contributed by atoms with Gasteiger partial charge in [0, 0.05) is 17.8 Å². The molecule has 0 aromatic heterocycles. The molecular weight excluding hydrogens is 292 g/mol. The van der Waals surface area contributed by atoms with Crippen molar-refractivity contribution in [3.05, 3.63) is 46.0 Å². The third-order valence-electron chi connectivity index (χ3n) is 3.61. The summed E-state index contributed by atoms with van der Waals surface area (Å²) in [5.41, 5.74) is 1.22. The van der Waals surface area contributed by atoms with Gasteiger partial charge in [-0.15, -0.1) is 0 Å². The summed E-state index contributed by atoms with van der Waals surface area (Å²) in [6, 6.07) is 5.40. The molecule has 1 aliphatic rings. The minimum absolute atomic E-state index is 0.0650. The summed E-state index contributed by atoms with van der Waals surface area (Å²) in [4.78, 5) is 10.1. The molecule has 1 atom stereocenters. The summed E-state index contributed by atoms with van der Waals surface area (Å²) in [7, 11) is -3.52. The molecule has 21 heavy (non-hydrogen) atoms. The van der Waals surface area contributed by atoms with Crippen LogP contribution in [0.3, 0.4) is 0 Å². The van der Waals surface area contributed by atoms with Crippen LogP contribution in [0.4, 0.5) is 11.4 Å². The molecule has 0 aliphatic heterocycles. The number of benzene rings is 1. The minimum Gasteiger partial charge on any atom is -0.283 e. The Labute approximate surface area is 124 Å². The highest BCUT2D eigenvalue weighted by atomic mass is 32.2. The van der Waals surface area contributed by atoms with E-state index in [4.69, 9.17) is 0 Å². The quantitative estimate of drug-likeness (QED) is 0.513. The van der Waals surface area contributed by atoms with Crippen molar-refractivity contribution in [2.24, 2.45) is 0 Å². The number of nitro groups is 1. The third kappa shape index (κ3) is 3.60. The van der Waals surface area contributed by atoms with Gasteiger partial charge in [-0.2, -0.15) is 0 Å². The molecule has 0 saturated heterocycles. The van der Waals surface area contributed by atoms with E-state index in [1.807, 2.05) is 13.0 Å². The van der Waals surface area contributed by atoms with Crippen LogP contribution in [0.2, 0.25) is 0 Å². The highest BCUT2D eigenvalue weighted by Crippen LogP contribution is 2.28. The Morgan fingerprint density at radius 3 is 2.57 bits per heavy atom. The Balaban J connectivity index is 2.19. The molecular formula is C14H18N2O4S. The number of hydrogen-bond acceptors (Lipinski definition) is 4. The summed E-state index contributed by atoms with van der Waals surface area (Å²) < 4.78 is 27.4. The number of sulfonamides is 1. The van der Waals surface area contributed by atoms with E-state index in [0.29, 0.717) is 18.5 Å². The lowest BCUT2D eigenvalue weighted by Crippen LogP contribution is -2.31. The number of nitrogens with one attached hydrogen (secondary N) is 1. The van der Waals surface area contributed by atoms with Crippen LogP contribution in [-0.2, 0) is 10.0 Å². The summed E-state index contributed by atoms with van der Waals surface area (Å²) in [6.07, 6.45) is 5.11. The van der Waals surface area contributed by atoms with Gasteiger partial charge in [-0.3, -0.25) is 14.8 Å². The minimum atomic E-state index is -3.52. The van der Waals surface area contributed by atoms with Gasteiger partial charge < -0.3 is 0 Å². The molecule has 0 bridgehead atoms. The number of non-ortho nitro benzene ring substituents is 1. The van der Waals surface area contributed by atoms with Gasteiger partial charge in [-0.1, -0.05) is 18.6 Å². The molecule has 7 heteroatoms. The molecule has 1 aliphatic carbocycles. The highest BCUT2D eigenvalue weighted by Gasteiger charge is 2.29. The van der Waals surface area contributed by atoms with E-state index in [2.05, 4.69) is 4.72 Å². The van der Waals surface area contributed by atoms with Crippen LogP contribution in [0.1, 0.15) is 32.6 Å². The van der Waals surface area contributed by atoms with Crippen molar-refractivity contribution < 1.29 is 13.3 Å². The molecule has 0 fully saturated rings. The lowest BCUT2D eigenvalue weighted by molar-refractivity contribution is -0.384. The second-order valence-corrected chi connectivity index (χ2v) is 6.87. The number of allylic oxidation sites excluding steroid dienone is 1. The average Bonchev–Trinajstić information content (AvgIpc) is 2.47. The standard InChI is InChI=1S/C14H18N2O4S/c1-2-11-5-3-4-6-14(11)21(19,20)15-12-7-9-13(10-8-12)16(17)18/h5,7-10,14-15H,2-4,6H2,1H3. The smallest absolute Gasteiger partial charge is 0.269 e. The molecule has 114 valence electrons. The first-order valence-electron chi connectivity index (χ1n) is 6.89. The van der Waals surface area contributed by atoms with Crippen LogP contribution in [0.15, 0.2) is 35.9 Å². The van der Waals surface area contributed by atoms with E-state index in [1.165, 1.54) is 24.3 Å². The van der Waals surface area contributed by atoms with Gasteiger partial charge >= 0.3 is 0 Å². The van der Waals surface area contributed by atoms with Crippen molar-refractivity contribution in [2.45, 2.75) is 37.9 Å². The van der Waals surface area contributed by atoms with E-state index < -0.39 is 20.2 Å². The monoisotopic (exact) mass is 310 g/mol. The van der Waals surface area contributed by atoms with Gasteiger partial charge in [0.2, 0.25) is 10.0 Å². The molecule has 1 aromatic rings. The molecule has 0 radical (unpaired) electrons. The van der Waals surface area contributed by atoms with Crippen molar-refractivity contribution in [3.63, 3.8) is 0 Å². The van der Waals surface area contributed by atoms with Crippen molar-refractivity contribution >= 4 is 21.4 Å². The number of nitrogens with zero attached hydrogens (tertiary/aromatic N) is 1. The molecule has 1 unspecified atom stereocenters. The fraction of sp³-hybridized carbons (Fsp3) is 0.429. The Hall–Kier alpha value is -1.89. The maximum absolute atomic E-state index is 12.5.